The Morgan fingerprint density at radius 1 is 1.25 bits per heavy atom. The molecule has 0 aliphatic rings. The molecule has 2 unspecified atom stereocenters. The Morgan fingerprint density at radius 3 is 2.25 bits per heavy atom. The lowest BCUT2D eigenvalue weighted by Crippen LogP contribution is -2.34. The highest BCUT2D eigenvalue weighted by Crippen LogP contribution is 2.36. The summed E-state index contributed by atoms with van der Waals surface area (Å²) in [6.45, 7) is 3.55. The van der Waals surface area contributed by atoms with Gasteiger partial charge in [0.2, 0.25) is 5.91 Å². The summed E-state index contributed by atoms with van der Waals surface area (Å²) in [5.74, 6) is 0.436. The number of nitrogens with one attached hydrogen (secondary N) is 1. The van der Waals surface area contributed by atoms with Gasteiger partial charge in [-0.05, 0) is 6.92 Å². The Bertz CT molecular complexity index is 467. The quantitative estimate of drug-likeness (QED) is 0.874. The smallest absolute Gasteiger partial charge is 0.228 e. The Balaban J connectivity index is 0.00000361. The second kappa shape index (κ2) is 8.19. The van der Waals surface area contributed by atoms with E-state index in [1.807, 2.05) is 0 Å². The molecule has 20 heavy (non-hydrogen) atoms. The van der Waals surface area contributed by atoms with Gasteiger partial charge < -0.3 is 20.5 Å². The SMILES string of the molecule is COc1cc(NC(=O)C(C)C(C)N)c(OC)cc1Cl.Cl. The van der Waals surface area contributed by atoms with Crippen LogP contribution in [0.3, 0.4) is 0 Å². The topological polar surface area (TPSA) is 73.6 Å². The number of carbonyl (C=O) groups is 1. The van der Waals surface area contributed by atoms with Gasteiger partial charge in [-0.3, -0.25) is 4.79 Å². The average molecular weight is 323 g/mol. The van der Waals surface area contributed by atoms with Gasteiger partial charge in [-0.1, -0.05) is 18.5 Å². The maximum atomic E-state index is 12.0. The van der Waals surface area contributed by atoms with Crippen LogP contribution < -0.4 is 20.5 Å². The average Bonchev–Trinajstić information content (AvgIpc) is 2.38. The van der Waals surface area contributed by atoms with Crippen LogP contribution in [0, 0.1) is 5.92 Å². The minimum Gasteiger partial charge on any atom is -0.495 e. The van der Waals surface area contributed by atoms with Crippen LogP contribution in [-0.2, 0) is 4.79 Å². The zero-order valence-corrected chi connectivity index (χ0v) is 13.5. The number of anilines is 1. The first-order chi connectivity index (χ1) is 8.90. The van der Waals surface area contributed by atoms with Gasteiger partial charge in [0.05, 0.1) is 30.8 Å². The number of methoxy groups -OCH3 is 2. The Kier molecular flexibility index (Phi) is 7.71. The number of halogens is 2. The monoisotopic (exact) mass is 322 g/mol. The molecule has 1 aromatic carbocycles. The molecule has 114 valence electrons. The molecule has 7 heteroatoms. The van der Waals surface area contributed by atoms with Crippen molar-refractivity contribution in [3.8, 4) is 11.5 Å². The number of nitrogens with two attached hydrogens (primary N) is 1. The molecule has 0 aromatic heterocycles. The van der Waals surface area contributed by atoms with Crippen molar-refractivity contribution < 1.29 is 14.3 Å². The predicted octanol–water partition coefficient (Wildman–Crippen LogP) is 2.70. The molecule has 0 saturated carbocycles. The molecule has 1 aromatic rings. The summed E-state index contributed by atoms with van der Waals surface area (Å²) in [6, 6.07) is 2.97. The van der Waals surface area contributed by atoms with Crippen molar-refractivity contribution in [2.24, 2.45) is 11.7 Å². The van der Waals surface area contributed by atoms with E-state index in [0.717, 1.165) is 0 Å². The van der Waals surface area contributed by atoms with Crippen LogP contribution in [0.1, 0.15) is 13.8 Å². The van der Waals surface area contributed by atoms with Crippen molar-refractivity contribution in [3.63, 3.8) is 0 Å². The summed E-state index contributed by atoms with van der Waals surface area (Å²) in [5.41, 5.74) is 6.20. The van der Waals surface area contributed by atoms with Gasteiger partial charge in [0.1, 0.15) is 11.5 Å². The second-order valence-electron chi connectivity index (χ2n) is 4.32. The van der Waals surface area contributed by atoms with Gasteiger partial charge in [0.25, 0.3) is 0 Å². The van der Waals surface area contributed by atoms with E-state index in [2.05, 4.69) is 5.32 Å². The van der Waals surface area contributed by atoms with E-state index < -0.39 is 0 Å². The van der Waals surface area contributed by atoms with Crippen molar-refractivity contribution in [1.29, 1.82) is 0 Å². The highest BCUT2D eigenvalue weighted by Gasteiger charge is 2.19. The Labute approximate surface area is 130 Å². The molecule has 0 fully saturated rings. The Morgan fingerprint density at radius 2 is 1.80 bits per heavy atom. The lowest BCUT2D eigenvalue weighted by molar-refractivity contribution is -0.119. The molecular formula is C13H20Cl2N2O3. The van der Waals surface area contributed by atoms with E-state index >= 15 is 0 Å². The summed E-state index contributed by atoms with van der Waals surface area (Å²) < 4.78 is 10.3. The molecule has 2 atom stereocenters. The van der Waals surface area contributed by atoms with E-state index in [-0.39, 0.29) is 30.3 Å². The first kappa shape index (κ1) is 18.8. The highest BCUT2D eigenvalue weighted by molar-refractivity contribution is 6.32. The molecule has 0 aliphatic heterocycles. The number of hydrogen-bond acceptors (Lipinski definition) is 4. The summed E-state index contributed by atoms with van der Waals surface area (Å²) in [4.78, 5) is 12.0. The lowest BCUT2D eigenvalue weighted by atomic mass is 10.0. The molecule has 1 amide bonds. The van der Waals surface area contributed by atoms with E-state index in [0.29, 0.717) is 22.2 Å². The Hall–Kier alpha value is -1.17. The van der Waals surface area contributed by atoms with Crippen molar-refractivity contribution >= 4 is 35.6 Å². The van der Waals surface area contributed by atoms with Crippen molar-refractivity contribution in [3.05, 3.63) is 17.2 Å². The maximum Gasteiger partial charge on any atom is 0.228 e. The first-order valence-corrected chi connectivity index (χ1v) is 6.26. The number of benzene rings is 1. The molecule has 0 aliphatic carbocycles. The van der Waals surface area contributed by atoms with Crippen LogP contribution in [0.25, 0.3) is 0 Å². The van der Waals surface area contributed by atoms with Crippen molar-refractivity contribution in [2.45, 2.75) is 19.9 Å². The van der Waals surface area contributed by atoms with Crippen molar-refractivity contribution in [2.75, 3.05) is 19.5 Å². The summed E-state index contributed by atoms with van der Waals surface area (Å²) >= 11 is 5.99. The molecule has 5 nitrogen and oxygen atoms in total. The first-order valence-electron chi connectivity index (χ1n) is 5.88. The summed E-state index contributed by atoms with van der Waals surface area (Å²) in [5, 5.41) is 3.18. The van der Waals surface area contributed by atoms with Crippen LogP contribution in [0.5, 0.6) is 11.5 Å². The highest BCUT2D eigenvalue weighted by atomic mass is 35.5. The third-order valence-electron chi connectivity index (χ3n) is 2.93. The lowest BCUT2D eigenvalue weighted by Gasteiger charge is -2.17. The van der Waals surface area contributed by atoms with Crippen LogP contribution >= 0.6 is 24.0 Å². The third kappa shape index (κ3) is 4.44. The van der Waals surface area contributed by atoms with E-state index in [9.17, 15) is 4.79 Å². The molecule has 0 saturated heterocycles. The summed E-state index contributed by atoms with van der Waals surface area (Å²) in [7, 11) is 3.01. The van der Waals surface area contributed by atoms with E-state index in [4.69, 9.17) is 26.8 Å². The van der Waals surface area contributed by atoms with Gasteiger partial charge in [-0.15, -0.1) is 12.4 Å². The molecule has 0 radical (unpaired) electrons. The fourth-order valence-electron chi connectivity index (χ4n) is 1.44. The largest absolute Gasteiger partial charge is 0.495 e. The van der Waals surface area contributed by atoms with Crippen LogP contribution in [0.15, 0.2) is 12.1 Å². The van der Waals surface area contributed by atoms with E-state index in [1.54, 1.807) is 26.0 Å². The molecule has 1 rings (SSSR count). The number of rotatable bonds is 5. The number of hydrogen-bond donors (Lipinski definition) is 2. The second-order valence-corrected chi connectivity index (χ2v) is 4.73. The molecule has 0 heterocycles. The fourth-order valence-corrected chi connectivity index (χ4v) is 1.67. The minimum absolute atomic E-state index is 0. The van der Waals surface area contributed by atoms with Gasteiger partial charge >= 0.3 is 0 Å². The van der Waals surface area contributed by atoms with Crippen LogP contribution in [0.2, 0.25) is 5.02 Å². The van der Waals surface area contributed by atoms with Crippen LogP contribution in [-0.4, -0.2) is 26.2 Å². The fraction of sp³-hybridized carbons (Fsp3) is 0.462. The maximum absolute atomic E-state index is 12.0. The molecule has 0 spiro atoms. The summed E-state index contributed by atoms with van der Waals surface area (Å²) in [6.07, 6.45) is 0. The van der Waals surface area contributed by atoms with Crippen LogP contribution in [0.4, 0.5) is 5.69 Å². The number of amides is 1. The van der Waals surface area contributed by atoms with Crippen molar-refractivity contribution in [1.82, 2.24) is 0 Å². The standard InChI is InChI=1S/C13H19ClN2O3.ClH/c1-7(8(2)15)13(17)16-10-6-11(18-3)9(14)5-12(10)19-4;/h5-8H,15H2,1-4H3,(H,16,17);1H. The van der Waals surface area contributed by atoms with Gasteiger partial charge in [-0.25, -0.2) is 0 Å². The molecule has 0 bridgehead atoms. The van der Waals surface area contributed by atoms with E-state index in [1.165, 1.54) is 14.2 Å². The molecular weight excluding hydrogens is 303 g/mol. The zero-order valence-electron chi connectivity index (χ0n) is 11.9. The normalized spacial score (nSPS) is 12.9. The van der Waals surface area contributed by atoms with Gasteiger partial charge in [-0.2, -0.15) is 0 Å². The molecule has 3 N–H and O–H groups in total. The van der Waals surface area contributed by atoms with Gasteiger partial charge in [0, 0.05) is 18.2 Å². The van der Waals surface area contributed by atoms with Gasteiger partial charge in [0.15, 0.2) is 0 Å². The zero-order chi connectivity index (χ0) is 14.6. The number of carbonyl (C=O) groups excluding carboxylic acids is 1. The number of ether oxygens (including phenoxy) is 2. The third-order valence-corrected chi connectivity index (χ3v) is 3.23. The minimum atomic E-state index is -0.314. The predicted molar refractivity (Wildman–Crippen MR) is 83.2 cm³/mol.